The third-order valence-corrected chi connectivity index (χ3v) is 1.69. The quantitative estimate of drug-likeness (QED) is 0.736. The molecule has 0 aliphatic heterocycles. The summed E-state index contributed by atoms with van der Waals surface area (Å²) in [6.07, 6.45) is -0.518. The fraction of sp³-hybridized carbons (Fsp3) is 0.333. The molecule has 0 saturated heterocycles. The summed E-state index contributed by atoms with van der Waals surface area (Å²) in [5.41, 5.74) is 7.37. The van der Waals surface area contributed by atoms with E-state index in [-0.39, 0.29) is 19.0 Å². The Morgan fingerprint density at radius 3 is 2.25 bits per heavy atom. The van der Waals surface area contributed by atoms with Crippen LogP contribution >= 0.6 is 12.4 Å². The maximum absolute atomic E-state index is 9.30. The number of hydrogen-bond acceptors (Lipinski definition) is 2. The van der Waals surface area contributed by atoms with Crippen LogP contribution in [0.4, 0.5) is 0 Å². The molecule has 12 heavy (non-hydrogen) atoms. The number of halogens is 1. The van der Waals surface area contributed by atoms with Crippen LogP contribution in [0.25, 0.3) is 0 Å². The topological polar surface area (TPSA) is 46.2 Å². The molecule has 0 heterocycles. The van der Waals surface area contributed by atoms with E-state index in [0.29, 0.717) is 0 Å². The Balaban J connectivity index is 0.00000121. The fourth-order valence-corrected chi connectivity index (χ4v) is 0.925. The molecule has 0 spiro atoms. The number of aliphatic hydroxyl groups is 1. The molecular formula is C9H14ClNO. The van der Waals surface area contributed by atoms with Crippen molar-refractivity contribution in [2.45, 2.75) is 13.0 Å². The van der Waals surface area contributed by atoms with Gasteiger partial charge in [-0.15, -0.1) is 12.4 Å². The van der Waals surface area contributed by atoms with E-state index in [4.69, 9.17) is 5.73 Å². The summed E-state index contributed by atoms with van der Waals surface area (Å²) in [6, 6.07) is 7.72. The molecule has 1 rings (SSSR count). The van der Waals surface area contributed by atoms with E-state index in [9.17, 15) is 5.11 Å². The second-order valence-corrected chi connectivity index (χ2v) is 2.66. The molecule has 0 saturated carbocycles. The predicted molar refractivity (Wildman–Crippen MR) is 52.4 cm³/mol. The molecule has 3 heteroatoms. The highest BCUT2D eigenvalue weighted by Gasteiger charge is 2.02. The molecule has 0 fully saturated rings. The van der Waals surface area contributed by atoms with Crippen molar-refractivity contribution < 1.29 is 5.11 Å². The fourth-order valence-electron chi connectivity index (χ4n) is 0.925. The molecule has 1 aromatic carbocycles. The van der Waals surface area contributed by atoms with Crippen LogP contribution in [0.2, 0.25) is 0 Å². The third-order valence-electron chi connectivity index (χ3n) is 1.69. The first-order valence-corrected chi connectivity index (χ1v) is 3.68. The molecule has 0 radical (unpaired) electrons. The predicted octanol–water partition coefficient (Wildman–Crippen LogP) is 1.41. The Morgan fingerprint density at radius 1 is 1.33 bits per heavy atom. The standard InChI is InChI=1S/C9H13NO.ClH/c1-7-2-4-8(5-3-7)9(11)6-10;/h2-5,9,11H,6,10H2,1H3;1H. The van der Waals surface area contributed by atoms with Gasteiger partial charge in [0.1, 0.15) is 0 Å². The molecule has 1 atom stereocenters. The third kappa shape index (κ3) is 2.81. The average molecular weight is 188 g/mol. The lowest BCUT2D eigenvalue weighted by Crippen LogP contribution is -2.11. The van der Waals surface area contributed by atoms with Gasteiger partial charge in [0.15, 0.2) is 0 Å². The number of rotatable bonds is 2. The van der Waals surface area contributed by atoms with Crippen LogP contribution < -0.4 is 5.73 Å². The molecule has 1 aromatic rings. The van der Waals surface area contributed by atoms with Gasteiger partial charge in [-0.25, -0.2) is 0 Å². The molecule has 3 N–H and O–H groups in total. The summed E-state index contributed by atoms with van der Waals surface area (Å²) in [5.74, 6) is 0. The summed E-state index contributed by atoms with van der Waals surface area (Å²) in [4.78, 5) is 0. The van der Waals surface area contributed by atoms with Gasteiger partial charge in [0.25, 0.3) is 0 Å². The molecule has 0 aliphatic carbocycles. The van der Waals surface area contributed by atoms with Crippen molar-refractivity contribution in [1.29, 1.82) is 0 Å². The minimum Gasteiger partial charge on any atom is -0.387 e. The van der Waals surface area contributed by atoms with Gasteiger partial charge in [-0.05, 0) is 12.5 Å². The number of hydrogen-bond donors (Lipinski definition) is 2. The number of aliphatic hydroxyl groups excluding tert-OH is 1. The Kier molecular flexibility index (Phi) is 4.90. The van der Waals surface area contributed by atoms with E-state index < -0.39 is 6.10 Å². The maximum Gasteiger partial charge on any atom is 0.0912 e. The average Bonchev–Trinajstić information content (AvgIpc) is 2.05. The number of aryl methyl sites for hydroxylation is 1. The highest BCUT2D eigenvalue weighted by molar-refractivity contribution is 5.85. The molecular weight excluding hydrogens is 174 g/mol. The largest absolute Gasteiger partial charge is 0.387 e. The van der Waals surface area contributed by atoms with Crippen molar-refractivity contribution >= 4 is 12.4 Å². The smallest absolute Gasteiger partial charge is 0.0912 e. The molecule has 68 valence electrons. The first-order valence-electron chi connectivity index (χ1n) is 3.68. The highest BCUT2D eigenvalue weighted by Crippen LogP contribution is 2.11. The summed E-state index contributed by atoms with van der Waals surface area (Å²) in [6.45, 7) is 2.29. The summed E-state index contributed by atoms with van der Waals surface area (Å²) in [7, 11) is 0. The van der Waals surface area contributed by atoms with Crippen molar-refractivity contribution in [2.75, 3.05) is 6.54 Å². The zero-order valence-electron chi connectivity index (χ0n) is 7.03. The Hall–Kier alpha value is -0.570. The van der Waals surface area contributed by atoms with E-state index >= 15 is 0 Å². The zero-order chi connectivity index (χ0) is 8.27. The second kappa shape index (κ2) is 5.14. The van der Waals surface area contributed by atoms with E-state index in [1.807, 2.05) is 31.2 Å². The molecule has 0 aliphatic rings. The van der Waals surface area contributed by atoms with Crippen LogP contribution in [0, 0.1) is 6.92 Å². The van der Waals surface area contributed by atoms with Gasteiger partial charge in [-0.3, -0.25) is 0 Å². The van der Waals surface area contributed by atoms with E-state index in [2.05, 4.69) is 0 Å². The van der Waals surface area contributed by atoms with E-state index in [1.54, 1.807) is 0 Å². The van der Waals surface area contributed by atoms with Crippen molar-refractivity contribution in [1.82, 2.24) is 0 Å². The first-order chi connectivity index (χ1) is 5.24. The number of benzene rings is 1. The molecule has 0 aromatic heterocycles. The van der Waals surface area contributed by atoms with Crippen LogP contribution in [0.1, 0.15) is 17.2 Å². The van der Waals surface area contributed by atoms with Gasteiger partial charge in [-0.2, -0.15) is 0 Å². The van der Waals surface area contributed by atoms with Gasteiger partial charge >= 0.3 is 0 Å². The SMILES string of the molecule is Cc1ccc(C(O)CN)cc1.Cl. The van der Waals surface area contributed by atoms with Gasteiger partial charge in [-0.1, -0.05) is 29.8 Å². The minimum atomic E-state index is -0.518. The van der Waals surface area contributed by atoms with Crippen LogP contribution in [0.3, 0.4) is 0 Å². The summed E-state index contributed by atoms with van der Waals surface area (Å²) >= 11 is 0. The number of nitrogens with two attached hydrogens (primary N) is 1. The van der Waals surface area contributed by atoms with Crippen LogP contribution in [-0.2, 0) is 0 Å². The highest BCUT2D eigenvalue weighted by atomic mass is 35.5. The zero-order valence-corrected chi connectivity index (χ0v) is 7.84. The van der Waals surface area contributed by atoms with Gasteiger partial charge in [0.05, 0.1) is 6.10 Å². The van der Waals surface area contributed by atoms with E-state index in [0.717, 1.165) is 5.56 Å². The van der Waals surface area contributed by atoms with Gasteiger partial charge < -0.3 is 10.8 Å². The Morgan fingerprint density at radius 2 is 1.83 bits per heavy atom. The Labute approximate surface area is 78.8 Å². The lowest BCUT2D eigenvalue weighted by atomic mass is 10.1. The van der Waals surface area contributed by atoms with E-state index in [1.165, 1.54) is 5.56 Å². The minimum absolute atomic E-state index is 0. The molecule has 1 unspecified atom stereocenters. The molecule has 2 nitrogen and oxygen atoms in total. The lowest BCUT2D eigenvalue weighted by Gasteiger charge is -2.07. The van der Waals surface area contributed by atoms with Crippen molar-refractivity contribution in [3.05, 3.63) is 35.4 Å². The van der Waals surface area contributed by atoms with Crippen LogP contribution in [0.5, 0.6) is 0 Å². The maximum atomic E-state index is 9.30. The first kappa shape index (κ1) is 11.4. The van der Waals surface area contributed by atoms with Crippen LogP contribution in [0.15, 0.2) is 24.3 Å². The molecule has 0 amide bonds. The van der Waals surface area contributed by atoms with Crippen LogP contribution in [-0.4, -0.2) is 11.7 Å². The molecule has 0 bridgehead atoms. The summed E-state index contributed by atoms with van der Waals surface area (Å²) in [5, 5.41) is 9.30. The normalized spacial score (nSPS) is 11.9. The van der Waals surface area contributed by atoms with Gasteiger partial charge in [0.2, 0.25) is 0 Å². The monoisotopic (exact) mass is 187 g/mol. The summed E-state index contributed by atoms with van der Waals surface area (Å²) < 4.78 is 0. The van der Waals surface area contributed by atoms with Crippen molar-refractivity contribution in [3.63, 3.8) is 0 Å². The lowest BCUT2D eigenvalue weighted by molar-refractivity contribution is 0.187. The van der Waals surface area contributed by atoms with Crippen molar-refractivity contribution in [2.24, 2.45) is 5.73 Å². The van der Waals surface area contributed by atoms with Crippen molar-refractivity contribution in [3.8, 4) is 0 Å². The second-order valence-electron chi connectivity index (χ2n) is 2.66. The Bertz CT molecular complexity index is 222. The van der Waals surface area contributed by atoms with Gasteiger partial charge in [0, 0.05) is 6.54 Å².